The molecule has 1 unspecified atom stereocenters. The summed E-state index contributed by atoms with van der Waals surface area (Å²) in [7, 11) is 0. The van der Waals surface area contributed by atoms with Gasteiger partial charge in [-0.05, 0) is 38.3 Å². The molecule has 1 amide bonds. The van der Waals surface area contributed by atoms with E-state index in [1.54, 1.807) is 0 Å². The normalized spacial score (nSPS) is 12.9. The van der Waals surface area contributed by atoms with Gasteiger partial charge in [0.2, 0.25) is 5.91 Å². The van der Waals surface area contributed by atoms with Gasteiger partial charge < -0.3 is 4.90 Å². The fourth-order valence-corrected chi connectivity index (χ4v) is 3.10. The molecule has 0 N–H and O–H groups in total. The molecule has 0 heterocycles. The molecule has 0 bridgehead atoms. The highest BCUT2D eigenvalue weighted by Gasteiger charge is 2.26. The highest BCUT2D eigenvalue weighted by atomic mass is 16.2. The molecule has 2 nitrogen and oxygen atoms in total. The van der Waals surface area contributed by atoms with Crippen LogP contribution in [0.2, 0.25) is 0 Å². The van der Waals surface area contributed by atoms with Gasteiger partial charge in [-0.25, -0.2) is 0 Å². The second-order valence-electron chi connectivity index (χ2n) is 6.83. The van der Waals surface area contributed by atoms with E-state index in [1.807, 2.05) is 41.3 Å². The number of hydrogen-bond donors (Lipinski definition) is 0. The zero-order valence-electron chi connectivity index (χ0n) is 15.8. The average Bonchev–Trinajstić information content (AvgIpc) is 2.61. The Morgan fingerprint density at radius 3 is 2.08 bits per heavy atom. The van der Waals surface area contributed by atoms with Crippen molar-refractivity contribution in [3.63, 3.8) is 0 Å². The van der Waals surface area contributed by atoms with Gasteiger partial charge in [0, 0.05) is 12.6 Å². The molecule has 1 atom stereocenters. The summed E-state index contributed by atoms with van der Waals surface area (Å²) in [6.45, 7) is 9.02. The highest BCUT2D eigenvalue weighted by molar-refractivity contribution is 5.84. The van der Waals surface area contributed by atoms with E-state index >= 15 is 0 Å². The molecule has 0 spiro atoms. The number of rotatable bonds is 7. The smallest absolute Gasteiger partial charge is 0.230 e. The average molecular weight is 335 g/mol. The van der Waals surface area contributed by atoms with Gasteiger partial charge in [0.1, 0.15) is 0 Å². The second-order valence-corrected chi connectivity index (χ2v) is 6.83. The maximum absolute atomic E-state index is 13.2. The molecule has 132 valence electrons. The van der Waals surface area contributed by atoms with E-state index in [2.05, 4.69) is 58.0 Å². The third kappa shape index (κ3) is 5.32. The molecule has 0 aliphatic carbocycles. The summed E-state index contributed by atoms with van der Waals surface area (Å²) in [5, 5.41) is 0. The predicted molar refractivity (Wildman–Crippen MR) is 106 cm³/mol. The van der Waals surface area contributed by atoms with Gasteiger partial charge in [-0.2, -0.15) is 0 Å². The molecule has 0 aromatic heterocycles. The molecular weight excluding hydrogens is 306 g/mol. The van der Waals surface area contributed by atoms with Crippen LogP contribution >= 0.6 is 0 Å². The minimum Gasteiger partial charge on any atom is -0.336 e. The van der Waals surface area contributed by atoms with Crippen LogP contribution in [0, 0.1) is 0 Å². The quantitative estimate of drug-likeness (QED) is 0.652. The van der Waals surface area contributed by atoms with Gasteiger partial charge >= 0.3 is 0 Å². The molecule has 0 aliphatic rings. The minimum atomic E-state index is -0.0758. The SMILES string of the molecule is CCC(C(=O)N(C/C(C)=C/c1ccccc1)C(C)C)c1ccccc1. The lowest BCUT2D eigenvalue weighted by molar-refractivity contribution is -0.134. The van der Waals surface area contributed by atoms with Gasteiger partial charge in [0.25, 0.3) is 0 Å². The lowest BCUT2D eigenvalue weighted by atomic mass is 9.94. The van der Waals surface area contributed by atoms with Gasteiger partial charge in [0.15, 0.2) is 0 Å². The van der Waals surface area contributed by atoms with Gasteiger partial charge in [-0.3, -0.25) is 4.79 Å². The molecular formula is C23H29NO. The van der Waals surface area contributed by atoms with E-state index in [9.17, 15) is 4.79 Å². The van der Waals surface area contributed by atoms with Crippen LogP contribution in [-0.2, 0) is 4.79 Å². The first-order valence-corrected chi connectivity index (χ1v) is 9.10. The van der Waals surface area contributed by atoms with Crippen LogP contribution in [0.25, 0.3) is 6.08 Å². The van der Waals surface area contributed by atoms with Crippen molar-refractivity contribution >= 4 is 12.0 Å². The highest BCUT2D eigenvalue weighted by Crippen LogP contribution is 2.24. The van der Waals surface area contributed by atoms with E-state index in [0.717, 1.165) is 12.0 Å². The van der Waals surface area contributed by atoms with Crippen LogP contribution in [0.3, 0.4) is 0 Å². The number of carbonyl (C=O) groups excluding carboxylic acids is 1. The van der Waals surface area contributed by atoms with Crippen LogP contribution in [0.15, 0.2) is 66.2 Å². The number of amides is 1. The Bertz CT molecular complexity index is 689. The summed E-state index contributed by atoms with van der Waals surface area (Å²) >= 11 is 0. The monoisotopic (exact) mass is 335 g/mol. The van der Waals surface area contributed by atoms with Crippen molar-refractivity contribution in [1.29, 1.82) is 0 Å². The maximum atomic E-state index is 13.2. The van der Waals surface area contributed by atoms with Crippen molar-refractivity contribution < 1.29 is 4.79 Å². The first kappa shape index (κ1) is 19.0. The Balaban J connectivity index is 2.19. The summed E-state index contributed by atoms with van der Waals surface area (Å²) in [5.74, 6) is 0.137. The van der Waals surface area contributed by atoms with Gasteiger partial charge in [0.05, 0.1) is 5.92 Å². The predicted octanol–water partition coefficient (Wildman–Crippen LogP) is 5.52. The molecule has 0 saturated carbocycles. The number of benzene rings is 2. The Morgan fingerprint density at radius 1 is 1.00 bits per heavy atom. The lowest BCUT2D eigenvalue weighted by Crippen LogP contribution is -2.41. The van der Waals surface area contributed by atoms with Crippen molar-refractivity contribution in [3.05, 3.63) is 77.4 Å². The van der Waals surface area contributed by atoms with Crippen molar-refractivity contribution in [1.82, 2.24) is 4.90 Å². The Kier molecular flexibility index (Phi) is 7.00. The summed E-state index contributed by atoms with van der Waals surface area (Å²) in [5.41, 5.74) is 3.47. The molecule has 2 heteroatoms. The Labute approximate surface area is 152 Å². The minimum absolute atomic E-state index is 0.0758. The van der Waals surface area contributed by atoms with E-state index in [0.29, 0.717) is 6.54 Å². The molecule has 0 radical (unpaired) electrons. The van der Waals surface area contributed by atoms with Crippen molar-refractivity contribution in [2.75, 3.05) is 6.54 Å². The molecule has 0 fully saturated rings. The van der Waals surface area contributed by atoms with Crippen molar-refractivity contribution in [3.8, 4) is 0 Å². The second kappa shape index (κ2) is 9.22. The largest absolute Gasteiger partial charge is 0.336 e. The van der Waals surface area contributed by atoms with Gasteiger partial charge in [-0.15, -0.1) is 0 Å². The fraction of sp³-hybridized carbons (Fsp3) is 0.348. The summed E-state index contributed by atoms with van der Waals surface area (Å²) < 4.78 is 0. The fourth-order valence-electron chi connectivity index (χ4n) is 3.10. The maximum Gasteiger partial charge on any atom is 0.230 e. The third-order valence-electron chi connectivity index (χ3n) is 4.45. The Hall–Kier alpha value is -2.35. The van der Waals surface area contributed by atoms with Crippen molar-refractivity contribution in [2.45, 2.75) is 46.1 Å². The van der Waals surface area contributed by atoms with Gasteiger partial charge in [-0.1, -0.05) is 79.2 Å². The zero-order valence-corrected chi connectivity index (χ0v) is 15.8. The first-order valence-electron chi connectivity index (χ1n) is 9.10. The molecule has 2 aromatic rings. The standard InChI is InChI=1S/C23H29NO/c1-5-22(21-14-10-7-11-15-21)23(25)24(18(2)3)17-19(4)16-20-12-8-6-9-13-20/h6-16,18,22H,5,17H2,1-4H3/b19-16+. The number of hydrogen-bond acceptors (Lipinski definition) is 1. The number of carbonyl (C=O) groups is 1. The summed E-state index contributed by atoms with van der Waals surface area (Å²) in [6.07, 6.45) is 2.97. The Morgan fingerprint density at radius 2 is 1.56 bits per heavy atom. The van der Waals surface area contributed by atoms with Crippen LogP contribution in [-0.4, -0.2) is 23.4 Å². The van der Waals surface area contributed by atoms with Crippen LogP contribution in [0.1, 0.15) is 51.2 Å². The van der Waals surface area contributed by atoms with E-state index in [1.165, 1.54) is 11.1 Å². The van der Waals surface area contributed by atoms with E-state index in [-0.39, 0.29) is 17.9 Å². The molecule has 0 saturated heterocycles. The van der Waals surface area contributed by atoms with E-state index in [4.69, 9.17) is 0 Å². The molecule has 2 aromatic carbocycles. The van der Waals surface area contributed by atoms with Crippen LogP contribution in [0.4, 0.5) is 0 Å². The lowest BCUT2D eigenvalue weighted by Gasteiger charge is -2.31. The third-order valence-corrected chi connectivity index (χ3v) is 4.45. The van der Waals surface area contributed by atoms with Crippen molar-refractivity contribution in [2.24, 2.45) is 0 Å². The molecule has 0 aliphatic heterocycles. The first-order chi connectivity index (χ1) is 12.0. The molecule has 25 heavy (non-hydrogen) atoms. The van der Waals surface area contributed by atoms with Crippen LogP contribution in [0.5, 0.6) is 0 Å². The summed E-state index contributed by atoms with van der Waals surface area (Å²) in [6, 6.07) is 20.5. The van der Waals surface area contributed by atoms with E-state index < -0.39 is 0 Å². The molecule has 2 rings (SSSR count). The van der Waals surface area contributed by atoms with Crippen LogP contribution < -0.4 is 0 Å². The zero-order chi connectivity index (χ0) is 18.2. The topological polar surface area (TPSA) is 20.3 Å². The number of nitrogens with zero attached hydrogens (tertiary/aromatic N) is 1. The summed E-state index contributed by atoms with van der Waals surface area (Å²) in [4.78, 5) is 15.2.